The van der Waals surface area contributed by atoms with Gasteiger partial charge in [0.15, 0.2) is 6.23 Å². The first-order valence-electron chi connectivity index (χ1n) is 7.10. The maximum Gasteiger partial charge on any atom is 0.406 e. The fourth-order valence-corrected chi connectivity index (χ4v) is 4.70. The summed E-state index contributed by atoms with van der Waals surface area (Å²) in [5.41, 5.74) is 4.65. The molecule has 0 bridgehead atoms. The number of nitrogens with two attached hydrogens (primary N) is 1. The van der Waals surface area contributed by atoms with Crippen molar-refractivity contribution in [1.29, 1.82) is 0 Å². The number of amides is 1. The Hall–Kier alpha value is -2.29. The molecule has 1 aromatic carbocycles. The summed E-state index contributed by atoms with van der Waals surface area (Å²) in [6.07, 6.45) is -1.79. The van der Waals surface area contributed by atoms with E-state index < -0.39 is 43.8 Å². The lowest BCUT2D eigenvalue weighted by atomic mass is 10.3. The summed E-state index contributed by atoms with van der Waals surface area (Å²) in [4.78, 5) is 20.8. The molecule has 0 spiro atoms. The molecule has 1 amide bonds. The van der Waals surface area contributed by atoms with Crippen molar-refractivity contribution < 1.29 is 31.3 Å². The molecular formula is C12H16N4O8S2. The molecule has 0 radical (unpaired) electrons. The molecule has 14 heteroatoms. The first kappa shape index (κ1) is 20.0. The van der Waals surface area contributed by atoms with Gasteiger partial charge in [0, 0.05) is 25.2 Å². The van der Waals surface area contributed by atoms with Gasteiger partial charge in [0.05, 0.1) is 22.6 Å². The van der Waals surface area contributed by atoms with Gasteiger partial charge >= 0.3 is 6.09 Å². The van der Waals surface area contributed by atoms with Crippen molar-refractivity contribution >= 4 is 31.8 Å². The highest BCUT2D eigenvalue weighted by Crippen LogP contribution is 2.24. The van der Waals surface area contributed by atoms with Crippen molar-refractivity contribution in [3.8, 4) is 0 Å². The zero-order valence-electron chi connectivity index (χ0n) is 13.5. The van der Waals surface area contributed by atoms with Crippen LogP contribution in [-0.4, -0.2) is 68.6 Å². The normalized spacial score (nSPS) is 19.8. The summed E-state index contributed by atoms with van der Waals surface area (Å²) in [6, 6.07) is 4.11. The summed E-state index contributed by atoms with van der Waals surface area (Å²) >= 11 is 0. The fraction of sp³-hybridized carbons (Fsp3) is 0.417. The lowest BCUT2D eigenvalue weighted by Crippen LogP contribution is -2.57. The van der Waals surface area contributed by atoms with E-state index >= 15 is 0 Å². The van der Waals surface area contributed by atoms with Crippen LogP contribution in [0.15, 0.2) is 29.2 Å². The highest BCUT2D eigenvalue weighted by atomic mass is 32.2. The number of primary amides is 1. The zero-order chi connectivity index (χ0) is 19.7. The molecule has 0 aromatic heterocycles. The Morgan fingerprint density at radius 1 is 1.23 bits per heavy atom. The molecule has 0 aliphatic carbocycles. The SMILES string of the molecule is CS(=O)(=O)N1CCN(S(=O)(=O)c2ccc([N+](=O)[O-])cc2)[C@H](OC(N)=O)C1. The predicted molar refractivity (Wildman–Crippen MR) is 87.9 cm³/mol. The summed E-state index contributed by atoms with van der Waals surface area (Å²) in [6.45, 7) is -0.859. The molecule has 1 fully saturated rings. The summed E-state index contributed by atoms with van der Waals surface area (Å²) < 4.78 is 55.4. The van der Waals surface area contributed by atoms with Crippen LogP contribution in [0.25, 0.3) is 0 Å². The number of carbonyl (C=O) groups excluding carboxylic acids is 1. The number of nitro groups is 1. The quantitative estimate of drug-likeness (QED) is 0.491. The summed E-state index contributed by atoms with van der Waals surface area (Å²) in [5, 5.41) is 10.7. The Bertz CT molecular complexity index is 913. The average Bonchev–Trinajstić information content (AvgIpc) is 2.53. The second-order valence-corrected chi connectivity index (χ2v) is 9.25. The number of sulfonamides is 2. The molecule has 2 rings (SSSR count). The molecule has 144 valence electrons. The first-order chi connectivity index (χ1) is 11.9. The number of ether oxygens (including phenoxy) is 1. The van der Waals surface area contributed by atoms with E-state index in [2.05, 4.69) is 0 Å². The van der Waals surface area contributed by atoms with E-state index in [1.165, 1.54) is 0 Å². The predicted octanol–water partition coefficient (Wildman–Crippen LogP) is -0.718. The van der Waals surface area contributed by atoms with Gasteiger partial charge in [-0.15, -0.1) is 0 Å². The van der Waals surface area contributed by atoms with Gasteiger partial charge in [-0.2, -0.15) is 8.61 Å². The number of nitrogens with zero attached hydrogens (tertiary/aromatic N) is 3. The third-order valence-electron chi connectivity index (χ3n) is 3.63. The third kappa shape index (κ3) is 4.27. The molecule has 1 aliphatic heterocycles. The van der Waals surface area contributed by atoms with Crippen LogP contribution in [0.3, 0.4) is 0 Å². The van der Waals surface area contributed by atoms with E-state index in [9.17, 15) is 31.7 Å². The lowest BCUT2D eigenvalue weighted by Gasteiger charge is -2.38. The van der Waals surface area contributed by atoms with Crippen molar-refractivity contribution in [1.82, 2.24) is 8.61 Å². The minimum atomic E-state index is -4.21. The molecular weight excluding hydrogens is 392 g/mol. The second kappa shape index (κ2) is 7.14. The topological polar surface area (TPSA) is 170 Å². The van der Waals surface area contributed by atoms with Gasteiger partial charge in [-0.25, -0.2) is 21.6 Å². The number of non-ortho nitro benzene ring substituents is 1. The van der Waals surface area contributed by atoms with Gasteiger partial charge < -0.3 is 10.5 Å². The van der Waals surface area contributed by atoms with Crippen molar-refractivity contribution in [3.05, 3.63) is 34.4 Å². The van der Waals surface area contributed by atoms with Crippen LogP contribution in [-0.2, 0) is 24.8 Å². The summed E-state index contributed by atoms with van der Waals surface area (Å²) in [5.74, 6) is 0. The van der Waals surface area contributed by atoms with Crippen LogP contribution in [0, 0.1) is 10.1 Å². The number of hydrogen-bond acceptors (Lipinski definition) is 8. The highest BCUT2D eigenvalue weighted by Gasteiger charge is 2.40. The van der Waals surface area contributed by atoms with Crippen LogP contribution < -0.4 is 5.73 Å². The van der Waals surface area contributed by atoms with Crippen molar-refractivity contribution in [2.45, 2.75) is 11.1 Å². The van der Waals surface area contributed by atoms with Crippen LogP contribution in [0.5, 0.6) is 0 Å². The Kier molecular flexibility index (Phi) is 5.50. The van der Waals surface area contributed by atoms with Crippen LogP contribution in [0.4, 0.5) is 10.5 Å². The first-order valence-corrected chi connectivity index (χ1v) is 10.4. The van der Waals surface area contributed by atoms with Gasteiger partial charge in [0.25, 0.3) is 5.69 Å². The molecule has 12 nitrogen and oxygen atoms in total. The Labute approximate surface area is 149 Å². The van der Waals surface area contributed by atoms with Crippen molar-refractivity contribution in [2.24, 2.45) is 5.73 Å². The Morgan fingerprint density at radius 3 is 2.27 bits per heavy atom. The number of carbonyl (C=O) groups is 1. The Morgan fingerprint density at radius 2 is 1.81 bits per heavy atom. The number of piperazine rings is 1. The minimum absolute atomic E-state index is 0.149. The average molecular weight is 408 g/mol. The van der Waals surface area contributed by atoms with Crippen LogP contribution in [0.2, 0.25) is 0 Å². The van der Waals surface area contributed by atoms with Crippen molar-refractivity contribution in [3.63, 3.8) is 0 Å². The van der Waals surface area contributed by atoms with E-state index in [4.69, 9.17) is 10.5 Å². The molecule has 1 aromatic rings. The minimum Gasteiger partial charge on any atom is -0.428 e. The number of nitro benzene ring substituents is 1. The van der Waals surface area contributed by atoms with E-state index in [0.717, 1.165) is 39.1 Å². The smallest absolute Gasteiger partial charge is 0.406 e. The van der Waals surface area contributed by atoms with Gasteiger partial charge in [0.2, 0.25) is 20.0 Å². The standard InChI is InChI=1S/C12H16N4O8S2/c1-25(20,21)14-6-7-15(11(8-14)24-12(13)17)26(22,23)10-4-2-9(3-5-10)16(18)19/h2-5,11H,6-8H2,1H3,(H2,13,17)/t11-/m1/s1. The summed E-state index contributed by atoms with van der Waals surface area (Å²) in [7, 11) is -7.85. The molecule has 1 atom stereocenters. The molecule has 0 unspecified atom stereocenters. The van der Waals surface area contributed by atoms with Crippen LogP contribution >= 0.6 is 0 Å². The maximum atomic E-state index is 12.8. The van der Waals surface area contributed by atoms with Crippen molar-refractivity contribution in [2.75, 3.05) is 25.9 Å². The Balaban J connectivity index is 2.36. The maximum absolute atomic E-state index is 12.8. The van der Waals surface area contributed by atoms with E-state index in [0.29, 0.717) is 0 Å². The van der Waals surface area contributed by atoms with Gasteiger partial charge in [0.1, 0.15) is 0 Å². The van der Waals surface area contributed by atoms with Crippen LogP contribution in [0.1, 0.15) is 0 Å². The lowest BCUT2D eigenvalue weighted by molar-refractivity contribution is -0.384. The largest absolute Gasteiger partial charge is 0.428 e. The molecule has 1 aliphatic rings. The molecule has 1 heterocycles. The molecule has 26 heavy (non-hydrogen) atoms. The number of rotatable bonds is 5. The number of hydrogen-bond donors (Lipinski definition) is 1. The monoisotopic (exact) mass is 408 g/mol. The molecule has 2 N–H and O–H groups in total. The third-order valence-corrected chi connectivity index (χ3v) is 6.80. The van der Waals surface area contributed by atoms with E-state index in [-0.39, 0.29) is 23.7 Å². The fourth-order valence-electron chi connectivity index (χ4n) is 2.39. The zero-order valence-corrected chi connectivity index (χ0v) is 15.1. The molecule has 1 saturated heterocycles. The van der Waals surface area contributed by atoms with E-state index in [1.807, 2.05) is 0 Å². The highest BCUT2D eigenvalue weighted by molar-refractivity contribution is 7.89. The van der Waals surface area contributed by atoms with Gasteiger partial charge in [-0.3, -0.25) is 10.1 Å². The van der Waals surface area contributed by atoms with E-state index in [1.54, 1.807) is 0 Å². The second-order valence-electron chi connectivity index (χ2n) is 5.38. The van der Waals surface area contributed by atoms with Gasteiger partial charge in [-0.1, -0.05) is 0 Å². The van der Waals surface area contributed by atoms with Gasteiger partial charge in [-0.05, 0) is 12.1 Å². The molecule has 0 saturated carbocycles. The number of benzene rings is 1.